The Morgan fingerprint density at radius 2 is 2.05 bits per heavy atom. The van der Waals surface area contributed by atoms with Crippen molar-refractivity contribution in [3.63, 3.8) is 0 Å². The monoisotopic (exact) mass is 305 g/mol. The molecule has 1 aromatic heterocycles. The van der Waals surface area contributed by atoms with E-state index in [1.54, 1.807) is 12.3 Å². The summed E-state index contributed by atoms with van der Waals surface area (Å²) in [7, 11) is -3.38. The van der Waals surface area contributed by atoms with E-state index in [1.165, 1.54) is 5.41 Å². The first-order chi connectivity index (χ1) is 10.1. The van der Waals surface area contributed by atoms with E-state index in [0.717, 1.165) is 29.7 Å². The minimum absolute atomic E-state index is 0.409. The second-order valence-corrected chi connectivity index (χ2v) is 6.43. The predicted molar refractivity (Wildman–Crippen MR) is 84.0 cm³/mol. The Balaban J connectivity index is 1.79. The highest BCUT2D eigenvalue weighted by Crippen LogP contribution is 2.06. The summed E-state index contributed by atoms with van der Waals surface area (Å²) in [6.07, 6.45) is 4.90. The molecule has 1 aromatic carbocycles. The molecule has 21 heavy (non-hydrogen) atoms. The van der Waals surface area contributed by atoms with Crippen molar-refractivity contribution in [1.82, 2.24) is 14.9 Å². The highest BCUT2D eigenvalue weighted by atomic mass is 32.2. The number of benzene rings is 1. The number of aryl methyl sites for hydroxylation is 2. The Labute approximate surface area is 125 Å². The second-order valence-electron chi connectivity index (χ2n) is 4.78. The average Bonchev–Trinajstić information content (AvgIpc) is 2.88. The molecular weight excluding hydrogens is 286 g/mol. The third-order valence-electron chi connectivity index (χ3n) is 3.10. The maximum atomic E-state index is 11.8. The number of aromatic nitrogens is 2. The smallest absolute Gasteiger partial charge is 0.233 e. The van der Waals surface area contributed by atoms with Gasteiger partial charge in [0.1, 0.15) is 0 Å². The Morgan fingerprint density at radius 1 is 1.29 bits per heavy atom. The Hall–Kier alpha value is -1.92. The molecule has 2 N–H and O–H groups in total. The SMILES string of the molecule is Cc1[nH]ncc1CCCNS(=O)(=O)C=Cc1ccccc1. The second kappa shape index (κ2) is 7.19. The van der Waals surface area contributed by atoms with E-state index in [-0.39, 0.29) is 0 Å². The van der Waals surface area contributed by atoms with E-state index < -0.39 is 10.0 Å². The maximum Gasteiger partial charge on any atom is 0.233 e. The molecule has 0 aliphatic rings. The van der Waals surface area contributed by atoms with Gasteiger partial charge >= 0.3 is 0 Å². The van der Waals surface area contributed by atoms with Crippen LogP contribution in [0, 0.1) is 6.92 Å². The number of rotatable bonds is 7. The van der Waals surface area contributed by atoms with Gasteiger partial charge in [-0.2, -0.15) is 5.10 Å². The van der Waals surface area contributed by atoms with E-state index in [9.17, 15) is 8.42 Å². The molecular formula is C15H19N3O2S. The first-order valence-corrected chi connectivity index (χ1v) is 8.33. The van der Waals surface area contributed by atoms with Crippen LogP contribution in [0.5, 0.6) is 0 Å². The number of nitrogens with zero attached hydrogens (tertiary/aromatic N) is 1. The molecule has 0 fully saturated rings. The minimum atomic E-state index is -3.38. The first kappa shape index (κ1) is 15.5. The van der Waals surface area contributed by atoms with Gasteiger partial charge in [-0.15, -0.1) is 0 Å². The van der Waals surface area contributed by atoms with E-state index in [0.29, 0.717) is 6.54 Å². The molecule has 1 heterocycles. The lowest BCUT2D eigenvalue weighted by Crippen LogP contribution is -2.22. The van der Waals surface area contributed by atoms with E-state index in [2.05, 4.69) is 14.9 Å². The van der Waals surface area contributed by atoms with Crippen molar-refractivity contribution >= 4 is 16.1 Å². The molecule has 0 amide bonds. The molecule has 0 saturated heterocycles. The van der Waals surface area contributed by atoms with Gasteiger partial charge in [0, 0.05) is 17.6 Å². The molecule has 2 aromatic rings. The highest BCUT2D eigenvalue weighted by molar-refractivity contribution is 7.92. The molecule has 0 radical (unpaired) electrons. The molecule has 0 bridgehead atoms. The molecule has 6 heteroatoms. The molecule has 0 atom stereocenters. The van der Waals surface area contributed by atoms with Crippen molar-refractivity contribution < 1.29 is 8.42 Å². The van der Waals surface area contributed by atoms with Crippen LogP contribution in [-0.2, 0) is 16.4 Å². The Morgan fingerprint density at radius 3 is 2.71 bits per heavy atom. The standard InChI is InChI=1S/C15H19N3O2S/c1-13-15(12-16-18-13)8-5-10-17-21(19,20)11-9-14-6-3-2-4-7-14/h2-4,6-7,9,11-12,17H,5,8,10H2,1H3,(H,16,18). The molecule has 0 spiro atoms. The molecule has 2 rings (SSSR count). The number of hydrogen-bond donors (Lipinski definition) is 2. The number of sulfonamides is 1. The van der Waals surface area contributed by atoms with Crippen LogP contribution in [0.15, 0.2) is 41.9 Å². The Kier molecular flexibility index (Phi) is 5.30. The predicted octanol–water partition coefficient (Wildman–Crippen LogP) is 2.24. The summed E-state index contributed by atoms with van der Waals surface area (Å²) in [5.41, 5.74) is 3.01. The van der Waals surface area contributed by atoms with Gasteiger partial charge in [0.15, 0.2) is 0 Å². The van der Waals surface area contributed by atoms with Gasteiger partial charge in [0.2, 0.25) is 10.0 Å². The average molecular weight is 305 g/mol. The summed E-state index contributed by atoms with van der Waals surface area (Å²) >= 11 is 0. The molecule has 0 saturated carbocycles. The first-order valence-electron chi connectivity index (χ1n) is 6.78. The molecule has 112 valence electrons. The van der Waals surface area contributed by atoms with E-state index in [1.807, 2.05) is 37.3 Å². The van der Waals surface area contributed by atoms with Crippen LogP contribution >= 0.6 is 0 Å². The zero-order chi connectivity index (χ0) is 15.1. The van der Waals surface area contributed by atoms with Gasteiger partial charge in [-0.25, -0.2) is 13.1 Å². The highest BCUT2D eigenvalue weighted by Gasteiger charge is 2.05. The molecule has 0 aliphatic heterocycles. The van der Waals surface area contributed by atoms with Crippen molar-refractivity contribution in [1.29, 1.82) is 0 Å². The van der Waals surface area contributed by atoms with Gasteiger partial charge in [0.05, 0.1) is 6.20 Å². The fraction of sp³-hybridized carbons (Fsp3) is 0.267. The third-order valence-corrected chi connectivity index (χ3v) is 4.20. The number of aromatic amines is 1. The Bertz CT molecular complexity index is 691. The number of nitrogens with one attached hydrogen (secondary N) is 2. The fourth-order valence-corrected chi connectivity index (χ4v) is 2.76. The van der Waals surface area contributed by atoms with Crippen LogP contribution in [0.25, 0.3) is 6.08 Å². The lowest BCUT2D eigenvalue weighted by molar-refractivity contribution is 0.588. The van der Waals surface area contributed by atoms with Crippen molar-refractivity contribution in [2.75, 3.05) is 6.54 Å². The topological polar surface area (TPSA) is 74.8 Å². The van der Waals surface area contributed by atoms with Crippen LogP contribution in [0.4, 0.5) is 0 Å². The normalized spacial score (nSPS) is 12.0. The maximum absolute atomic E-state index is 11.8. The van der Waals surface area contributed by atoms with E-state index in [4.69, 9.17) is 0 Å². The van der Waals surface area contributed by atoms with Crippen LogP contribution in [-0.4, -0.2) is 25.2 Å². The lowest BCUT2D eigenvalue weighted by Gasteiger charge is -2.02. The van der Waals surface area contributed by atoms with E-state index >= 15 is 0 Å². The summed E-state index contributed by atoms with van der Waals surface area (Å²) in [6, 6.07) is 9.34. The molecule has 0 unspecified atom stereocenters. The fourth-order valence-electron chi connectivity index (χ4n) is 1.90. The number of H-pyrrole nitrogens is 1. The summed E-state index contributed by atoms with van der Waals surface area (Å²) in [6.45, 7) is 2.36. The van der Waals surface area contributed by atoms with Crippen molar-refractivity contribution in [2.45, 2.75) is 19.8 Å². The van der Waals surface area contributed by atoms with Gasteiger partial charge in [-0.1, -0.05) is 30.3 Å². The van der Waals surface area contributed by atoms with Gasteiger partial charge in [-0.05, 0) is 37.0 Å². The van der Waals surface area contributed by atoms with Crippen LogP contribution in [0.2, 0.25) is 0 Å². The zero-order valence-electron chi connectivity index (χ0n) is 11.9. The van der Waals surface area contributed by atoms with Crippen molar-refractivity contribution in [2.24, 2.45) is 0 Å². The number of hydrogen-bond acceptors (Lipinski definition) is 3. The lowest BCUT2D eigenvalue weighted by atomic mass is 10.1. The molecule has 5 nitrogen and oxygen atoms in total. The molecule has 0 aliphatic carbocycles. The summed E-state index contributed by atoms with van der Waals surface area (Å²) in [5.74, 6) is 0. The third kappa shape index (κ3) is 5.17. The van der Waals surface area contributed by atoms with Crippen LogP contribution < -0.4 is 4.72 Å². The van der Waals surface area contributed by atoms with Gasteiger partial charge in [-0.3, -0.25) is 5.10 Å². The quantitative estimate of drug-likeness (QED) is 0.770. The van der Waals surface area contributed by atoms with Crippen molar-refractivity contribution in [3.05, 3.63) is 58.8 Å². The zero-order valence-corrected chi connectivity index (χ0v) is 12.7. The summed E-state index contributed by atoms with van der Waals surface area (Å²) in [4.78, 5) is 0. The minimum Gasteiger partial charge on any atom is -0.283 e. The van der Waals surface area contributed by atoms with Gasteiger partial charge in [0.25, 0.3) is 0 Å². The largest absolute Gasteiger partial charge is 0.283 e. The van der Waals surface area contributed by atoms with Gasteiger partial charge < -0.3 is 0 Å². The summed E-state index contributed by atoms with van der Waals surface area (Å²) < 4.78 is 26.2. The van der Waals surface area contributed by atoms with Crippen molar-refractivity contribution in [3.8, 4) is 0 Å². The van der Waals surface area contributed by atoms with Crippen LogP contribution in [0.1, 0.15) is 23.2 Å². The summed E-state index contributed by atoms with van der Waals surface area (Å²) in [5, 5.41) is 8.00. The van der Waals surface area contributed by atoms with Crippen LogP contribution in [0.3, 0.4) is 0 Å².